The van der Waals surface area contributed by atoms with Crippen molar-refractivity contribution in [1.82, 2.24) is 10.3 Å². The van der Waals surface area contributed by atoms with E-state index in [0.29, 0.717) is 11.4 Å². The van der Waals surface area contributed by atoms with Gasteiger partial charge >= 0.3 is 5.97 Å². The Balaban J connectivity index is 2.15. The highest BCUT2D eigenvalue weighted by molar-refractivity contribution is 5.86. The van der Waals surface area contributed by atoms with E-state index < -0.39 is 36.0 Å². The number of aromatic nitrogens is 1. The lowest BCUT2D eigenvalue weighted by molar-refractivity contribution is -0.145. The van der Waals surface area contributed by atoms with Crippen LogP contribution in [0.1, 0.15) is 11.1 Å². The van der Waals surface area contributed by atoms with E-state index in [1.54, 1.807) is 12.1 Å². The fourth-order valence-electron chi connectivity index (χ4n) is 2.43. The van der Waals surface area contributed by atoms with Crippen LogP contribution in [-0.4, -0.2) is 37.1 Å². The highest BCUT2D eigenvalue weighted by atomic mass is 19.1. The number of nitrogens with zero attached hydrogens (tertiary/aromatic N) is 1. The average molecular weight is 364 g/mol. The third-order valence-electron chi connectivity index (χ3n) is 3.69. The van der Waals surface area contributed by atoms with Gasteiger partial charge in [-0.1, -0.05) is 12.1 Å². The Hall–Kier alpha value is -3.03. The molecule has 0 bridgehead atoms. The fourth-order valence-corrected chi connectivity index (χ4v) is 2.43. The van der Waals surface area contributed by atoms with Gasteiger partial charge in [0.1, 0.15) is 17.7 Å². The monoisotopic (exact) mass is 364 g/mol. The molecule has 0 aliphatic heterocycles. The SMILES string of the molecule is COC(=O)[C@H](Cc1cccnc1OC)NC(=O)Cc1c(F)cccc1F. The zero-order chi connectivity index (χ0) is 19.1. The number of methoxy groups -OCH3 is 2. The number of carbonyl (C=O) groups is 2. The van der Waals surface area contributed by atoms with Crippen LogP contribution >= 0.6 is 0 Å². The van der Waals surface area contributed by atoms with Crippen molar-refractivity contribution in [3.05, 3.63) is 59.3 Å². The number of hydrogen-bond donors (Lipinski definition) is 1. The Morgan fingerprint density at radius 1 is 1.15 bits per heavy atom. The highest BCUT2D eigenvalue weighted by Gasteiger charge is 2.24. The van der Waals surface area contributed by atoms with Gasteiger partial charge in [-0.3, -0.25) is 4.79 Å². The van der Waals surface area contributed by atoms with E-state index in [9.17, 15) is 18.4 Å². The zero-order valence-corrected chi connectivity index (χ0v) is 14.3. The van der Waals surface area contributed by atoms with Crippen LogP contribution in [0.25, 0.3) is 0 Å². The van der Waals surface area contributed by atoms with Gasteiger partial charge in [0.25, 0.3) is 0 Å². The second-order valence-corrected chi connectivity index (χ2v) is 5.40. The normalized spacial score (nSPS) is 11.5. The Bertz CT molecular complexity index is 778. The van der Waals surface area contributed by atoms with Crippen LogP contribution in [0.3, 0.4) is 0 Å². The molecule has 1 heterocycles. The lowest BCUT2D eigenvalue weighted by Crippen LogP contribution is -2.44. The molecule has 0 radical (unpaired) electrons. The molecule has 1 aromatic carbocycles. The first-order valence-corrected chi connectivity index (χ1v) is 7.74. The molecule has 0 aliphatic carbocycles. The van der Waals surface area contributed by atoms with Crippen LogP contribution < -0.4 is 10.1 Å². The second kappa shape index (κ2) is 8.89. The van der Waals surface area contributed by atoms with Gasteiger partial charge in [-0.05, 0) is 18.2 Å². The van der Waals surface area contributed by atoms with E-state index in [1.807, 2.05) is 0 Å². The summed E-state index contributed by atoms with van der Waals surface area (Å²) in [6.07, 6.45) is 1.03. The summed E-state index contributed by atoms with van der Waals surface area (Å²) in [7, 11) is 2.61. The maximum atomic E-state index is 13.7. The van der Waals surface area contributed by atoms with Gasteiger partial charge in [-0.25, -0.2) is 18.6 Å². The van der Waals surface area contributed by atoms with E-state index in [-0.39, 0.29) is 12.0 Å². The molecule has 2 rings (SSSR count). The van der Waals surface area contributed by atoms with Crippen molar-refractivity contribution in [3.8, 4) is 5.88 Å². The molecule has 2 aromatic rings. The third-order valence-corrected chi connectivity index (χ3v) is 3.69. The number of esters is 1. The highest BCUT2D eigenvalue weighted by Crippen LogP contribution is 2.17. The number of hydrogen-bond acceptors (Lipinski definition) is 5. The number of halogens is 2. The van der Waals surface area contributed by atoms with Gasteiger partial charge in [0, 0.05) is 23.7 Å². The standard InChI is InChI=1S/C18H18F2N2O4/c1-25-17-11(5-4-8-21-17)9-15(18(24)26-2)22-16(23)10-12-13(19)6-3-7-14(12)20/h3-8,15H,9-10H2,1-2H3,(H,22,23)/t15-/m0/s1. The van der Waals surface area contributed by atoms with Crippen molar-refractivity contribution in [1.29, 1.82) is 0 Å². The van der Waals surface area contributed by atoms with E-state index >= 15 is 0 Å². The van der Waals surface area contributed by atoms with Crippen LogP contribution in [-0.2, 0) is 27.2 Å². The molecule has 1 aromatic heterocycles. The Morgan fingerprint density at radius 2 is 1.85 bits per heavy atom. The average Bonchev–Trinajstić information content (AvgIpc) is 2.64. The predicted octanol–water partition coefficient (Wildman–Crippen LogP) is 1.81. The number of rotatable bonds is 7. The van der Waals surface area contributed by atoms with Crippen molar-refractivity contribution in [2.45, 2.75) is 18.9 Å². The number of benzene rings is 1. The van der Waals surface area contributed by atoms with Crippen molar-refractivity contribution in [2.75, 3.05) is 14.2 Å². The maximum Gasteiger partial charge on any atom is 0.328 e. The number of carbonyl (C=O) groups excluding carboxylic acids is 2. The molecule has 26 heavy (non-hydrogen) atoms. The number of pyridine rings is 1. The van der Waals surface area contributed by atoms with Crippen LogP contribution in [0.4, 0.5) is 8.78 Å². The summed E-state index contributed by atoms with van der Waals surface area (Å²) in [5.74, 6) is -2.77. The third kappa shape index (κ3) is 4.75. The molecule has 0 spiro atoms. The zero-order valence-electron chi connectivity index (χ0n) is 14.3. The topological polar surface area (TPSA) is 77.5 Å². The van der Waals surface area contributed by atoms with Gasteiger partial charge in [0.05, 0.1) is 20.6 Å². The fraction of sp³-hybridized carbons (Fsp3) is 0.278. The molecule has 0 saturated carbocycles. The van der Waals surface area contributed by atoms with Crippen molar-refractivity contribution >= 4 is 11.9 Å². The van der Waals surface area contributed by atoms with Crippen molar-refractivity contribution in [3.63, 3.8) is 0 Å². The number of ether oxygens (including phenoxy) is 2. The summed E-state index contributed by atoms with van der Waals surface area (Å²) in [6, 6.07) is 5.61. The minimum absolute atomic E-state index is 0.0508. The van der Waals surface area contributed by atoms with Crippen LogP contribution in [0.5, 0.6) is 5.88 Å². The molecule has 138 valence electrons. The van der Waals surface area contributed by atoms with Crippen LogP contribution in [0.2, 0.25) is 0 Å². The molecule has 1 atom stereocenters. The lowest BCUT2D eigenvalue weighted by atomic mass is 10.1. The van der Waals surface area contributed by atoms with Gasteiger partial charge in [-0.15, -0.1) is 0 Å². The summed E-state index contributed by atoms with van der Waals surface area (Å²) in [6.45, 7) is 0. The smallest absolute Gasteiger partial charge is 0.328 e. The minimum atomic E-state index is -1.06. The van der Waals surface area contributed by atoms with Crippen molar-refractivity contribution < 1.29 is 27.8 Å². The van der Waals surface area contributed by atoms with Crippen LogP contribution in [0.15, 0.2) is 36.5 Å². The predicted molar refractivity (Wildman–Crippen MR) is 88.5 cm³/mol. The van der Waals surface area contributed by atoms with Crippen molar-refractivity contribution in [2.24, 2.45) is 0 Å². The van der Waals surface area contributed by atoms with E-state index in [1.165, 1.54) is 26.5 Å². The largest absolute Gasteiger partial charge is 0.481 e. The number of amides is 1. The second-order valence-electron chi connectivity index (χ2n) is 5.40. The minimum Gasteiger partial charge on any atom is -0.481 e. The van der Waals surface area contributed by atoms with Gasteiger partial charge in [0.15, 0.2) is 0 Å². The molecule has 6 nitrogen and oxygen atoms in total. The summed E-state index contributed by atoms with van der Waals surface area (Å²) >= 11 is 0. The molecular weight excluding hydrogens is 346 g/mol. The molecular formula is C18H18F2N2O4. The Labute approximate surface area is 149 Å². The summed E-state index contributed by atoms with van der Waals surface area (Å²) in [4.78, 5) is 28.2. The molecule has 1 N–H and O–H groups in total. The molecule has 8 heteroatoms. The van der Waals surface area contributed by atoms with Gasteiger partial charge in [0.2, 0.25) is 11.8 Å². The first kappa shape index (κ1) is 19.3. The number of nitrogens with one attached hydrogen (secondary N) is 1. The first-order valence-electron chi connectivity index (χ1n) is 7.74. The molecule has 0 aliphatic rings. The summed E-state index contributed by atoms with van der Waals surface area (Å²) < 4.78 is 37.2. The van der Waals surface area contributed by atoms with Gasteiger partial charge < -0.3 is 14.8 Å². The molecule has 0 saturated heterocycles. The summed E-state index contributed by atoms with van der Waals surface area (Å²) in [5.41, 5.74) is 0.204. The Morgan fingerprint density at radius 3 is 2.46 bits per heavy atom. The molecule has 0 unspecified atom stereocenters. The first-order chi connectivity index (χ1) is 12.5. The van der Waals surface area contributed by atoms with E-state index in [0.717, 1.165) is 12.1 Å². The van der Waals surface area contributed by atoms with E-state index in [2.05, 4.69) is 10.3 Å². The lowest BCUT2D eigenvalue weighted by Gasteiger charge is -2.18. The molecule has 0 fully saturated rings. The Kier molecular flexibility index (Phi) is 6.60. The van der Waals surface area contributed by atoms with E-state index in [4.69, 9.17) is 9.47 Å². The quantitative estimate of drug-likeness (QED) is 0.759. The van der Waals surface area contributed by atoms with Crippen LogP contribution in [0, 0.1) is 11.6 Å². The van der Waals surface area contributed by atoms with Gasteiger partial charge in [-0.2, -0.15) is 0 Å². The summed E-state index contributed by atoms with van der Waals surface area (Å²) in [5, 5.41) is 2.44. The molecule has 1 amide bonds. The maximum absolute atomic E-state index is 13.7.